The highest BCUT2D eigenvalue weighted by Gasteiger charge is 2.14. The van der Waals surface area contributed by atoms with Crippen LogP contribution >= 0.6 is 0 Å². The second-order valence-corrected chi connectivity index (χ2v) is 5.41. The van der Waals surface area contributed by atoms with E-state index in [0.717, 1.165) is 27.7 Å². The number of aryl methyl sites for hydroxylation is 1. The Hall–Kier alpha value is -3.21. The summed E-state index contributed by atoms with van der Waals surface area (Å²) in [6.07, 6.45) is 0. The van der Waals surface area contributed by atoms with Crippen LogP contribution in [0.1, 0.15) is 5.69 Å². The van der Waals surface area contributed by atoms with Crippen molar-refractivity contribution in [2.45, 2.75) is 6.92 Å². The first-order valence-corrected chi connectivity index (χ1v) is 7.37. The molecule has 0 aliphatic carbocycles. The summed E-state index contributed by atoms with van der Waals surface area (Å²) in [5, 5.41) is 15.3. The number of fused-ring (bicyclic) bond motifs is 1. The van der Waals surface area contributed by atoms with Gasteiger partial charge in [0.25, 0.3) is 0 Å². The second-order valence-electron chi connectivity index (χ2n) is 5.41. The highest BCUT2D eigenvalue weighted by molar-refractivity contribution is 5.98. The Morgan fingerprint density at radius 3 is 2.26 bits per heavy atom. The normalized spacial score (nSPS) is 11.0. The van der Waals surface area contributed by atoms with Crippen LogP contribution in [0.25, 0.3) is 27.8 Å². The van der Waals surface area contributed by atoms with Crippen LogP contribution in [0.5, 0.6) is 0 Å². The van der Waals surface area contributed by atoms with Gasteiger partial charge in [-0.3, -0.25) is 0 Å². The fourth-order valence-corrected chi connectivity index (χ4v) is 2.74. The molecule has 4 rings (SSSR count). The van der Waals surface area contributed by atoms with Crippen LogP contribution in [0.4, 0.5) is 5.82 Å². The first-order chi connectivity index (χ1) is 11.2. The topological polar surface area (TPSA) is 69.6 Å². The molecular weight excluding hydrogens is 286 g/mol. The maximum Gasteiger partial charge on any atom is 0.185 e. The third-order valence-electron chi connectivity index (χ3n) is 3.77. The third kappa shape index (κ3) is 2.23. The van der Waals surface area contributed by atoms with Gasteiger partial charge in [0.05, 0.1) is 5.69 Å². The summed E-state index contributed by atoms with van der Waals surface area (Å²) in [4.78, 5) is 0. The Balaban J connectivity index is 2.02. The molecule has 0 spiro atoms. The zero-order valence-electron chi connectivity index (χ0n) is 12.6. The van der Waals surface area contributed by atoms with Crippen molar-refractivity contribution < 1.29 is 0 Å². The van der Waals surface area contributed by atoms with Crippen LogP contribution in [0.15, 0.2) is 60.7 Å². The smallest absolute Gasteiger partial charge is 0.185 e. The first kappa shape index (κ1) is 13.5. The van der Waals surface area contributed by atoms with Crippen molar-refractivity contribution in [3.8, 4) is 17.1 Å². The fourth-order valence-electron chi connectivity index (χ4n) is 2.74. The van der Waals surface area contributed by atoms with Crippen LogP contribution in [0.2, 0.25) is 0 Å². The van der Waals surface area contributed by atoms with Crippen LogP contribution in [-0.2, 0) is 0 Å². The monoisotopic (exact) mass is 301 g/mol. The van der Waals surface area contributed by atoms with Gasteiger partial charge in [0.15, 0.2) is 5.82 Å². The number of rotatable bonds is 2. The van der Waals surface area contributed by atoms with Crippen LogP contribution in [-0.4, -0.2) is 20.0 Å². The molecule has 112 valence electrons. The minimum absolute atomic E-state index is 0.550. The van der Waals surface area contributed by atoms with E-state index in [4.69, 9.17) is 5.73 Å². The largest absolute Gasteiger partial charge is 0.384 e. The molecule has 0 atom stereocenters. The summed E-state index contributed by atoms with van der Waals surface area (Å²) < 4.78 is 1.64. The minimum Gasteiger partial charge on any atom is -0.384 e. The molecule has 0 saturated carbocycles. The van der Waals surface area contributed by atoms with Crippen molar-refractivity contribution in [1.29, 1.82) is 0 Å². The van der Waals surface area contributed by atoms with Crippen molar-refractivity contribution >= 4 is 16.6 Å². The molecular formula is C18H15N5. The van der Waals surface area contributed by atoms with E-state index < -0.39 is 0 Å². The molecule has 4 aromatic rings. The highest BCUT2D eigenvalue weighted by Crippen LogP contribution is 2.29. The molecule has 0 aliphatic heterocycles. The number of hydrogen-bond donors (Lipinski definition) is 1. The summed E-state index contributed by atoms with van der Waals surface area (Å²) in [5.74, 6) is 1.19. The molecule has 0 bridgehead atoms. The average Bonchev–Trinajstić information content (AvgIpc) is 2.93. The van der Waals surface area contributed by atoms with E-state index in [1.807, 2.05) is 67.6 Å². The number of nitrogens with two attached hydrogens (primary N) is 1. The summed E-state index contributed by atoms with van der Waals surface area (Å²) in [6, 6.07) is 19.9. The van der Waals surface area contributed by atoms with Crippen molar-refractivity contribution in [1.82, 2.24) is 20.0 Å². The summed E-state index contributed by atoms with van der Waals surface area (Å²) in [6.45, 7) is 1.90. The summed E-state index contributed by atoms with van der Waals surface area (Å²) in [7, 11) is 0. The average molecular weight is 301 g/mol. The molecule has 0 fully saturated rings. The molecule has 0 unspecified atom stereocenters. The van der Waals surface area contributed by atoms with Crippen LogP contribution in [0, 0.1) is 6.92 Å². The third-order valence-corrected chi connectivity index (χ3v) is 3.77. The van der Waals surface area contributed by atoms with E-state index in [2.05, 4.69) is 15.3 Å². The van der Waals surface area contributed by atoms with Crippen LogP contribution < -0.4 is 5.73 Å². The minimum atomic E-state index is 0.550. The Morgan fingerprint density at radius 1 is 0.870 bits per heavy atom. The van der Waals surface area contributed by atoms with Gasteiger partial charge in [0.1, 0.15) is 11.5 Å². The predicted molar refractivity (Wildman–Crippen MR) is 91.2 cm³/mol. The van der Waals surface area contributed by atoms with Crippen molar-refractivity contribution in [2.24, 2.45) is 0 Å². The Kier molecular flexibility index (Phi) is 3.05. The highest BCUT2D eigenvalue weighted by atomic mass is 15.4. The van der Waals surface area contributed by atoms with Gasteiger partial charge >= 0.3 is 0 Å². The molecule has 23 heavy (non-hydrogen) atoms. The van der Waals surface area contributed by atoms with Crippen molar-refractivity contribution in [3.63, 3.8) is 0 Å². The van der Waals surface area contributed by atoms with E-state index in [9.17, 15) is 0 Å². The number of aromatic nitrogens is 4. The van der Waals surface area contributed by atoms with Gasteiger partial charge < -0.3 is 5.73 Å². The van der Waals surface area contributed by atoms with Gasteiger partial charge in [-0.05, 0) is 6.92 Å². The van der Waals surface area contributed by atoms with Gasteiger partial charge in [-0.2, -0.15) is 9.78 Å². The molecule has 5 heteroatoms. The van der Waals surface area contributed by atoms with Crippen molar-refractivity contribution in [3.05, 3.63) is 66.4 Å². The molecule has 0 radical (unpaired) electrons. The number of benzene rings is 2. The molecule has 2 N–H and O–H groups in total. The summed E-state index contributed by atoms with van der Waals surface area (Å²) in [5.41, 5.74) is 8.78. The van der Waals surface area contributed by atoms with Gasteiger partial charge in [-0.15, -0.1) is 10.2 Å². The Bertz CT molecular complexity index is 989. The number of hydrogen-bond acceptors (Lipinski definition) is 4. The maximum absolute atomic E-state index is 6.05. The lowest BCUT2D eigenvalue weighted by molar-refractivity contribution is 0.823. The lowest BCUT2D eigenvalue weighted by Gasteiger charge is -2.10. The van der Waals surface area contributed by atoms with E-state index >= 15 is 0 Å². The zero-order chi connectivity index (χ0) is 15.8. The number of nitrogens with zero attached hydrogens (tertiary/aromatic N) is 4. The Morgan fingerprint density at radius 2 is 1.57 bits per heavy atom. The van der Waals surface area contributed by atoms with E-state index in [1.54, 1.807) is 4.68 Å². The SMILES string of the molecule is Cc1cc(N)n(-c2nnc(-c3ccccc3)c3ccccc23)n1. The van der Waals surface area contributed by atoms with Crippen LogP contribution in [0.3, 0.4) is 0 Å². The van der Waals surface area contributed by atoms with Gasteiger partial charge in [0, 0.05) is 22.4 Å². The second kappa shape index (κ2) is 5.21. The molecule has 2 aromatic heterocycles. The number of anilines is 1. The van der Waals surface area contributed by atoms with Gasteiger partial charge in [-0.25, -0.2) is 0 Å². The van der Waals surface area contributed by atoms with Gasteiger partial charge in [0.2, 0.25) is 0 Å². The molecule has 0 aliphatic rings. The molecule has 0 amide bonds. The maximum atomic E-state index is 6.05. The molecule has 2 aromatic carbocycles. The summed E-state index contributed by atoms with van der Waals surface area (Å²) >= 11 is 0. The van der Waals surface area contributed by atoms with E-state index in [1.165, 1.54) is 0 Å². The lowest BCUT2D eigenvalue weighted by atomic mass is 10.0. The zero-order valence-corrected chi connectivity index (χ0v) is 12.6. The Labute approximate surface area is 133 Å². The van der Waals surface area contributed by atoms with Crippen molar-refractivity contribution in [2.75, 3.05) is 5.73 Å². The molecule has 0 saturated heterocycles. The molecule has 5 nitrogen and oxygen atoms in total. The standard InChI is InChI=1S/C18H15N5/c1-12-11-16(19)23(22-12)18-15-10-6-5-9-14(15)17(20-21-18)13-7-3-2-4-8-13/h2-11H,19H2,1H3. The van der Waals surface area contributed by atoms with Gasteiger partial charge in [-0.1, -0.05) is 54.6 Å². The van der Waals surface area contributed by atoms with E-state index in [0.29, 0.717) is 11.6 Å². The fraction of sp³-hybridized carbons (Fsp3) is 0.0556. The quantitative estimate of drug-likeness (QED) is 0.616. The van der Waals surface area contributed by atoms with E-state index in [-0.39, 0.29) is 0 Å². The first-order valence-electron chi connectivity index (χ1n) is 7.37. The lowest BCUT2D eigenvalue weighted by Crippen LogP contribution is -2.07. The predicted octanol–water partition coefficient (Wildman–Crippen LogP) is 3.37. The molecule has 2 heterocycles. The number of nitrogen functional groups attached to an aromatic ring is 1.